The van der Waals surface area contributed by atoms with E-state index in [0.717, 1.165) is 49.4 Å². The molecule has 196 valence electrons. The van der Waals surface area contributed by atoms with Gasteiger partial charge in [-0.15, -0.1) is 0 Å². The van der Waals surface area contributed by atoms with E-state index in [1.165, 1.54) is 29.5 Å². The monoisotopic (exact) mass is 510 g/mol. The molecule has 6 rings (SSSR count). The number of pyridine rings is 1. The first-order valence-electron chi connectivity index (χ1n) is 13.5. The summed E-state index contributed by atoms with van der Waals surface area (Å²) in [6.07, 6.45) is 5.11. The summed E-state index contributed by atoms with van der Waals surface area (Å²) in [6.45, 7) is 5.28. The standard InChI is InChI=1S/C31H34N4O3/c1-32-29-12-15-34(20-25(36)19-33-13-5-6-14-33)21-28(29)27-10-9-24(17-30(27)32)35-16-11-26(18-31(35)37)38-22-23-7-3-2-4-8-23/h2-4,7-11,16-18H,5-6,12-15,19-22H2,1H3. The van der Waals surface area contributed by atoms with E-state index in [1.807, 2.05) is 42.5 Å². The van der Waals surface area contributed by atoms with E-state index in [4.69, 9.17) is 4.74 Å². The number of ether oxygens (including phenoxy) is 1. The zero-order valence-electron chi connectivity index (χ0n) is 21.9. The Hall–Kier alpha value is -3.68. The SMILES string of the molecule is Cn1c2c(c3ccc(-n4ccc(OCc5ccccc5)cc4=O)cc31)CN(CC(=O)CN1CCCC1)CC2. The van der Waals surface area contributed by atoms with Crippen molar-refractivity contribution in [2.45, 2.75) is 32.4 Å². The summed E-state index contributed by atoms with van der Waals surface area (Å²) in [5, 5.41) is 1.19. The lowest BCUT2D eigenvalue weighted by Crippen LogP contribution is -2.39. The van der Waals surface area contributed by atoms with E-state index in [0.29, 0.717) is 31.2 Å². The van der Waals surface area contributed by atoms with Crippen molar-refractivity contribution in [3.05, 3.63) is 94.0 Å². The molecule has 0 radical (unpaired) electrons. The number of benzene rings is 2. The Morgan fingerprint density at radius 2 is 1.71 bits per heavy atom. The number of fused-ring (bicyclic) bond motifs is 3. The van der Waals surface area contributed by atoms with Crippen molar-refractivity contribution >= 4 is 16.7 Å². The Labute approximate surface area is 222 Å². The van der Waals surface area contributed by atoms with Gasteiger partial charge in [-0.25, -0.2) is 0 Å². The van der Waals surface area contributed by atoms with Crippen molar-refractivity contribution in [2.75, 3.05) is 32.7 Å². The molecule has 0 spiro atoms. The average molecular weight is 511 g/mol. The maximum absolute atomic E-state index is 13.0. The molecule has 7 heteroatoms. The van der Waals surface area contributed by atoms with Gasteiger partial charge in [-0.2, -0.15) is 0 Å². The van der Waals surface area contributed by atoms with Crippen LogP contribution in [0.2, 0.25) is 0 Å². The van der Waals surface area contributed by atoms with Crippen molar-refractivity contribution < 1.29 is 9.53 Å². The highest BCUT2D eigenvalue weighted by molar-refractivity contribution is 5.88. The van der Waals surface area contributed by atoms with Crippen LogP contribution in [-0.2, 0) is 31.4 Å². The molecule has 0 unspecified atom stereocenters. The number of Topliss-reactive ketones (excluding diaryl/α,β-unsaturated/α-hetero) is 1. The van der Waals surface area contributed by atoms with Crippen LogP contribution in [0, 0.1) is 0 Å². The maximum Gasteiger partial charge on any atom is 0.258 e. The number of carbonyl (C=O) groups excluding carboxylic acids is 1. The fraction of sp³-hybridized carbons (Fsp3) is 0.355. The Morgan fingerprint density at radius 3 is 2.50 bits per heavy atom. The van der Waals surface area contributed by atoms with Crippen molar-refractivity contribution in [1.29, 1.82) is 0 Å². The molecule has 2 aromatic carbocycles. The maximum atomic E-state index is 13.0. The molecule has 1 fully saturated rings. The van der Waals surface area contributed by atoms with Gasteiger partial charge in [0.25, 0.3) is 5.56 Å². The van der Waals surface area contributed by atoms with Crippen LogP contribution in [0.3, 0.4) is 0 Å². The van der Waals surface area contributed by atoms with Crippen LogP contribution in [0.1, 0.15) is 29.7 Å². The van der Waals surface area contributed by atoms with E-state index in [-0.39, 0.29) is 5.56 Å². The molecule has 0 saturated carbocycles. The van der Waals surface area contributed by atoms with Crippen LogP contribution in [0.4, 0.5) is 0 Å². The molecule has 2 aliphatic rings. The number of carbonyl (C=O) groups is 1. The second-order valence-electron chi connectivity index (χ2n) is 10.5. The van der Waals surface area contributed by atoms with E-state index in [2.05, 4.69) is 33.5 Å². The summed E-state index contributed by atoms with van der Waals surface area (Å²) < 4.78 is 9.74. The highest BCUT2D eigenvalue weighted by atomic mass is 16.5. The summed E-state index contributed by atoms with van der Waals surface area (Å²) in [7, 11) is 2.10. The zero-order chi connectivity index (χ0) is 26.1. The van der Waals surface area contributed by atoms with Gasteiger partial charge in [-0.1, -0.05) is 36.4 Å². The molecule has 38 heavy (non-hydrogen) atoms. The topological polar surface area (TPSA) is 59.7 Å². The summed E-state index contributed by atoms with van der Waals surface area (Å²) >= 11 is 0. The van der Waals surface area contributed by atoms with E-state index in [9.17, 15) is 9.59 Å². The number of aryl methyl sites for hydroxylation is 1. The third kappa shape index (κ3) is 5.04. The molecule has 0 aliphatic carbocycles. The Bertz CT molecular complexity index is 1520. The van der Waals surface area contributed by atoms with Gasteiger partial charge in [0.05, 0.1) is 24.3 Å². The molecule has 7 nitrogen and oxygen atoms in total. The zero-order valence-corrected chi connectivity index (χ0v) is 21.9. The first kappa shape index (κ1) is 24.6. The first-order chi connectivity index (χ1) is 18.5. The molecule has 2 aromatic heterocycles. The smallest absolute Gasteiger partial charge is 0.258 e. The largest absolute Gasteiger partial charge is 0.489 e. The summed E-state index contributed by atoms with van der Waals surface area (Å²) in [5.41, 5.74) is 5.48. The van der Waals surface area contributed by atoms with Crippen LogP contribution in [0.25, 0.3) is 16.6 Å². The van der Waals surface area contributed by atoms with Crippen LogP contribution in [-0.4, -0.2) is 57.4 Å². The minimum Gasteiger partial charge on any atom is -0.489 e. The van der Waals surface area contributed by atoms with Crippen LogP contribution < -0.4 is 10.3 Å². The quantitative estimate of drug-likeness (QED) is 0.360. The number of ketones is 1. The average Bonchev–Trinajstić information content (AvgIpc) is 3.54. The van der Waals surface area contributed by atoms with Gasteiger partial charge in [0.15, 0.2) is 5.78 Å². The second kappa shape index (κ2) is 10.6. The van der Waals surface area contributed by atoms with E-state index >= 15 is 0 Å². The summed E-state index contributed by atoms with van der Waals surface area (Å²) in [6, 6.07) is 19.5. The molecule has 1 saturated heterocycles. The van der Waals surface area contributed by atoms with Crippen molar-refractivity contribution in [1.82, 2.24) is 18.9 Å². The number of hydrogen-bond donors (Lipinski definition) is 0. The number of nitrogens with zero attached hydrogens (tertiary/aromatic N) is 4. The van der Waals surface area contributed by atoms with Crippen molar-refractivity contribution in [3.8, 4) is 11.4 Å². The minimum atomic E-state index is -0.128. The molecule has 2 aliphatic heterocycles. The highest BCUT2D eigenvalue weighted by Crippen LogP contribution is 2.31. The highest BCUT2D eigenvalue weighted by Gasteiger charge is 2.25. The Morgan fingerprint density at radius 1 is 0.921 bits per heavy atom. The fourth-order valence-electron chi connectivity index (χ4n) is 5.90. The fourth-order valence-corrected chi connectivity index (χ4v) is 5.90. The van der Waals surface area contributed by atoms with Gasteiger partial charge in [0.1, 0.15) is 12.4 Å². The van der Waals surface area contributed by atoms with Crippen molar-refractivity contribution in [2.24, 2.45) is 7.05 Å². The molecule has 0 bridgehead atoms. The van der Waals surface area contributed by atoms with Gasteiger partial charge in [0.2, 0.25) is 0 Å². The third-order valence-electron chi connectivity index (χ3n) is 7.88. The molecule has 4 aromatic rings. The van der Waals surface area contributed by atoms with E-state index in [1.54, 1.807) is 16.8 Å². The number of likely N-dealkylation sites (tertiary alicyclic amines) is 1. The predicted octanol–water partition coefficient (Wildman–Crippen LogP) is 3.93. The van der Waals surface area contributed by atoms with Crippen LogP contribution >= 0.6 is 0 Å². The summed E-state index contributed by atoms with van der Waals surface area (Å²) in [4.78, 5) is 30.2. The predicted molar refractivity (Wildman–Crippen MR) is 149 cm³/mol. The molecule has 0 amide bonds. The van der Waals surface area contributed by atoms with Crippen LogP contribution in [0.5, 0.6) is 5.75 Å². The number of hydrogen-bond acceptors (Lipinski definition) is 5. The normalized spacial score (nSPS) is 16.1. The van der Waals surface area contributed by atoms with Gasteiger partial charge < -0.3 is 9.30 Å². The molecular weight excluding hydrogens is 476 g/mol. The van der Waals surface area contributed by atoms with Gasteiger partial charge in [-0.3, -0.25) is 24.0 Å². The minimum absolute atomic E-state index is 0.128. The first-order valence-corrected chi connectivity index (χ1v) is 13.5. The molecule has 0 atom stereocenters. The lowest BCUT2D eigenvalue weighted by molar-refractivity contribution is -0.121. The Balaban J connectivity index is 1.19. The van der Waals surface area contributed by atoms with Crippen LogP contribution in [0.15, 0.2) is 71.7 Å². The Kier molecular flexibility index (Phi) is 6.87. The third-order valence-corrected chi connectivity index (χ3v) is 7.88. The molecular formula is C31H34N4O3. The van der Waals surface area contributed by atoms with Gasteiger partial charge >= 0.3 is 0 Å². The lowest BCUT2D eigenvalue weighted by atomic mass is 10.0. The van der Waals surface area contributed by atoms with Crippen molar-refractivity contribution in [3.63, 3.8) is 0 Å². The number of aromatic nitrogens is 2. The van der Waals surface area contributed by atoms with Gasteiger partial charge in [-0.05, 0) is 55.3 Å². The second-order valence-corrected chi connectivity index (χ2v) is 10.5. The molecule has 0 N–H and O–H groups in total. The van der Waals surface area contributed by atoms with Gasteiger partial charge in [0, 0.05) is 49.9 Å². The number of rotatable bonds is 8. The lowest BCUT2D eigenvalue weighted by Gasteiger charge is -2.27. The van der Waals surface area contributed by atoms with E-state index < -0.39 is 0 Å². The molecule has 4 heterocycles. The summed E-state index contributed by atoms with van der Waals surface area (Å²) in [5.74, 6) is 0.873.